The van der Waals surface area contributed by atoms with Crippen molar-refractivity contribution in [3.63, 3.8) is 0 Å². The number of aromatic nitrogens is 1. The van der Waals surface area contributed by atoms with Crippen LogP contribution in [0.25, 0.3) is 11.6 Å². The van der Waals surface area contributed by atoms with Gasteiger partial charge in [-0.05, 0) is 52.6 Å². The predicted octanol–water partition coefficient (Wildman–Crippen LogP) is 4.68. The van der Waals surface area contributed by atoms with Gasteiger partial charge in [0.15, 0.2) is 0 Å². The first kappa shape index (κ1) is 14.1. The van der Waals surface area contributed by atoms with Gasteiger partial charge in [-0.3, -0.25) is 4.98 Å². The zero-order chi connectivity index (χ0) is 15.2. The lowest BCUT2D eigenvalue weighted by molar-refractivity contribution is 0.415. The number of hydrogen-bond acceptors (Lipinski definition) is 2. The Labute approximate surface area is 130 Å². The summed E-state index contributed by atoms with van der Waals surface area (Å²) in [5.41, 5.74) is 4.64. The van der Waals surface area contributed by atoms with Crippen LogP contribution in [0.4, 0.5) is 0 Å². The number of ether oxygens (including phenoxy) is 1. The average molecular weight is 287 g/mol. The van der Waals surface area contributed by atoms with Crippen molar-refractivity contribution in [2.45, 2.75) is 0 Å². The van der Waals surface area contributed by atoms with E-state index in [1.807, 2.05) is 42.7 Å². The number of hydrogen-bond donors (Lipinski definition) is 0. The standard InChI is InChI=1S/C20H17NO/c1-22-19-9-7-16(8-10-19)15-20(17-5-3-2-4-6-17)18-11-13-21-14-12-18/h2-15H,1H3/b20-15-. The third-order valence-corrected chi connectivity index (χ3v) is 3.50. The second kappa shape index (κ2) is 6.72. The van der Waals surface area contributed by atoms with Crippen LogP contribution in [0.15, 0.2) is 79.1 Å². The van der Waals surface area contributed by atoms with Gasteiger partial charge in [0.1, 0.15) is 5.75 Å². The summed E-state index contributed by atoms with van der Waals surface area (Å²) in [6.07, 6.45) is 5.82. The van der Waals surface area contributed by atoms with Gasteiger partial charge in [-0.25, -0.2) is 0 Å². The molecule has 1 heterocycles. The van der Waals surface area contributed by atoms with Crippen LogP contribution in [0.1, 0.15) is 16.7 Å². The fourth-order valence-corrected chi connectivity index (χ4v) is 2.35. The summed E-state index contributed by atoms with van der Waals surface area (Å²) in [7, 11) is 1.68. The van der Waals surface area contributed by atoms with E-state index in [4.69, 9.17) is 4.74 Å². The van der Waals surface area contributed by atoms with Crippen molar-refractivity contribution in [1.82, 2.24) is 4.98 Å². The van der Waals surface area contributed by atoms with E-state index in [0.29, 0.717) is 0 Å². The van der Waals surface area contributed by atoms with Crippen LogP contribution >= 0.6 is 0 Å². The van der Waals surface area contributed by atoms with Gasteiger partial charge in [0.05, 0.1) is 7.11 Å². The van der Waals surface area contributed by atoms with Crippen molar-refractivity contribution >= 4 is 11.6 Å². The zero-order valence-electron chi connectivity index (χ0n) is 12.4. The maximum Gasteiger partial charge on any atom is 0.118 e. The summed E-state index contributed by atoms with van der Waals surface area (Å²) in [6, 6.07) is 22.5. The lowest BCUT2D eigenvalue weighted by Gasteiger charge is -2.09. The number of rotatable bonds is 4. The topological polar surface area (TPSA) is 22.1 Å². The molecule has 0 fully saturated rings. The largest absolute Gasteiger partial charge is 0.497 e. The molecule has 0 aliphatic carbocycles. The summed E-state index contributed by atoms with van der Waals surface area (Å²) in [6.45, 7) is 0. The van der Waals surface area contributed by atoms with E-state index in [1.54, 1.807) is 7.11 Å². The van der Waals surface area contributed by atoms with Crippen LogP contribution in [0, 0.1) is 0 Å². The Morgan fingerprint density at radius 3 is 2.09 bits per heavy atom. The normalized spacial score (nSPS) is 11.2. The smallest absolute Gasteiger partial charge is 0.118 e. The molecule has 0 saturated heterocycles. The summed E-state index contributed by atoms with van der Waals surface area (Å²) in [4.78, 5) is 4.11. The maximum atomic E-state index is 5.21. The van der Waals surface area contributed by atoms with E-state index in [9.17, 15) is 0 Å². The minimum atomic E-state index is 0.863. The van der Waals surface area contributed by atoms with Gasteiger partial charge < -0.3 is 4.74 Å². The first-order chi connectivity index (χ1) is 10.9. The fourth-order valence-electron chi connectivity index (χ4n) is 2.35. The van der Waals surface area contributed by atoms with Gasteiger partial charge in [0, 0.05) is 12.4 Å². The van der Waals surface area contributed by atoms with Gasteiger partial charge >= 0.3 is 0 Å². The van der Waals surface area contributed by atoms with Gasteiger partial charge in [-0.1, -0.05) is 42.5 Å². The molecule has 3 aromatic rings. The molecule has 3 rings (SSSR count). The molecule has 2 nitrogen and oxygen atoms in total. The molecule has 0 amide bonds. The second-order valence-electron chi connectivity index (χ2n) is 4.93. The fraction of sp³-hybridized carbons (Fsp3) is 0.0500. The number of pyridine rings is 1. The predicted molar refractivity (Wildman–Crippen MR) is 90.6 cm³/mol. The second-order valence-corrected chi connectivity index (χ2v) is 4.93. The minimum absolute atomic E-state index is 0.863. The van der Waals surface area contributed by atoms with E-state index >= 15 is 0 Å². The molecule has 0 atom stereocenters. The van der Waals surface area contributed by atoms with Gasteiger partial charge in [-0.2, -0.15) is 0 Å². The monoisotopic (exact) mass is 287 g/mol. The third-order valence-electron chi connectivity index (χ3n) is 3.50. The minimum Gasteiger partial charge on any atom is -0.497 e. The quantitative estimate of drug-likeness (QED) is 0.650. The Balaban J connectivity index is 2.06. The number of nitrogens with zero attached hydrogens (tertiary/aromatic N) is 1. The molecule has 0 N–H and O–H groups in total. The summed E-state index contributed by atoms with van der Waals surface area (Å²) in [5, 5.41) is 0. The Morgan fingerprint density at radius 1 is 0.818 bits per heavy atom. The average Bonchev–Trinajstić information content (AvgIpc) is 2.62. The lowest BCUT2D eigenvalue weighted by atomic mass is 9.96. The highest BCUT2D eigenvalue weighted by atomic mass is 16.5. The molecule has 1 aromatic heterocycles. The summed E-state index contributed by atoms with van der Waals surface area (Å²) < 4.78 is 5.21. The zero-order valence-corrected chi connectivity index (χ0v) is 12.4. The van der Waals surface area contributed by atoms with Crippen molar-refractivity contribution in [2.75, 3.05) is 7.11 Å². The van der Waals surface area contributed by atoms with Crippen molar-refractivity contribution in [2.24, 2.45) is 0 Å². The van der Waals surface area contributed by atoms with E-state index in [1.165, 1.54) is 11.1 Å². The molecule has 22 heavy (non-hydrogen) atoms. The highest BCUT2D eigenvalue weighted by molar-refractivity contribution is 5.91. The van der Waals surface area contributed by atoms with Crippen molar-refractivity contribution in [1.29, 1.82) is 0 Å². The van der Waals surface area contributed by atoms with Gasteiger partial charge in [0.25, 0.3) is 0 Å². The summed E-state index contributed by atoms with van der Waals surface area (Å²) in [5.74, 6) is 0.863. The first-order valence-electron chi connectivity index (χ1n) is 7.18. The molecule has 0 aliphatic rings. The molecule has 108 valence electrons. The highest BCUT2D eigenvalue weighted by Crippen LogP contribution is 2.26. The van der Waals surface area contributed by atoms with Gasteiger partial charge in [-0.15, -0.1) is 0 Å². The maximum absolute atomic E-state index is 5.21. The van der Waals surface area contributed by atoms with Crippen molar-refractivity contribution in [3.05, 3.63) is 95.8 Å². The SMILES string of the molecule is COc1ccc(/C=C(/c2ccccc2)c2ccncc2)cc1. The van der Waals surface area contributed by atoms with E-state index in [0.717, 1.165) is 16.9 Å². The van der Waals surface area contributed by atoms with Crippen LogP contribution in [0.2, 0.25) is 0 Å². The molecule has 2 aromatic carbocycles. The van der Waals surface area contributed by atoms with Crippen LogP contribution in [0.5, 0.6) is 5.75 Å². The number of benzene rings is 2. The highest BCUT2D eigenvalue weighted by Gasteiger charge is 2.05. The molecule has 0 radical (unpaired) electrons. The molecule has 0 saturated carbocycles. The Kier molecular flexibility index (Phi) is 4.30. The first-order valence-corrected chi connectivity index (χ1v) is 7.18. The van der Waals surface area contributed by atoms with Crippen LogP contribution < -0.4 is 4.74 Å². The summed E-state index contributed by atoms with van der Waals surface area (Å²) >= 11 is 0. The van der Waals surface area contributed by atoms with Crippen molar-refractivity contribution < 1.29 is 4.74 Å². The van der Waals surface area contributed by atoms with Crippen LogP contribution in [0.3, 0.4) is 0 Å². The van der Waals surface area contributed by atoms with E-state index < -0.39 is 0 Å². The molecule has 0 aliphatic heterocycles. The molecule has 0 bridgehead atoms. The molecular formula is C20H17NO. The Bertz CT molecular complexity index is 705. The molecule has 0 spiro atoms. The van der Waals surface area contributed by atoms with E-state index in [-0.39, 0.29) is 0 Å². The van der Waals surface area contributed by atoms with Gasteiger partial charge in [0.2, 0.25) is 0 Å². The van der Waals surface area contributed by atoms with Crippen LogP contribution in [-0.2, 0) is 0 Å². The number of methoxy groups -OCH3 is 1. The third kappa shape index (κ3) is 3.23. The van der Waals surface area contributed by atoms with Crippen LogP contribution in [-0.4, -0.2) is 12.1 Å². The Hall–Kier alpha value is -2.87. The van der Waals surface area contributed by atoms with Crippen molar-refractivity contribution in [3.8, 4) is 5.75 Å². The van der Waals surface area contributed by atoms with E-state index in [2.05, 4.69) is 47.5 Å². The molecule has 2 heteroatoms. The lowest BCUT2D eigenvalue weighted by Crippen LogP contribution is -1.89. The molecular weight excluding hydrogens is 270 g/mol. The molecule has 0 unspecified atom stereocenters. The Morgan fingerprint density at radius 2 is 1.45 bits per heavy atom.